The molecule has 0 unspecified atom stereocenters. The Morgan fingerprint density at radius 1 is 1.08 bits per heavy atom. The van der Waals surface area contributed by atoms with Crippen LogP contribution < -0.4 is 10.6 Å². The largest absolute Gasteiger partial charge is 0.356 e. The Bertz CT molecular complexity index is 455. The van der Waals surface area contributed by atoms with E-state index in [1.54, 1.807) is 19.0 Å². The first-order valence-corrected chi connectivity index (χ1v) is 9.80. The Balaban J connectivity index is 0.00000338. The highest BCUT2D eigenvalue weighted by atomic mass is 127. The molecule has 2 aliphatic carbocycles. The molecular formula is C19H38IN5O. The van der Waals surface area contributed by atoms with Crippen LogP contribution in [0.15, 0.2) is 4.99 Å². The number of hydrogen-bond acceptors (Lipinski definition) is 3. The normalized spacial score (nSPS) is 20.1. The Morgan fingerprint density at radius 3 is 2.23 bits per heavy atom. The molecule has 2 aliphatic rings. The van der Waals surface area contributed by atoms with Gasteiger partial charge < -0.3 is 20.4 Å². The molecule has 0 radical (unpaired) electrons. The molecule has 6 nitrogen and oxygen atoms in total. The third-order valence-corrected chi connectivity index (χ3v) is 5.51. The van der Waals surface area contributed by atoms with Crippen molar-refractivity contribution in [1.29, 1.82) is 0 Å². The molecule has 0 aromatic carbocycles. The van der Waals surface area contributed by atoms with Crippen molar-refractivity contribution in [3.8, 4) is 0 Å². The minimum atomic E-state index is 0. The summed E-state index contributed by atoms with van der Waals surface area (Å²) < 4.78 is 0. The fourth-order valence-corrected chi connectivity index (χ4v) is 4.16. The summed E-state index contributed by atoms with van der Waals surface area (Å²) in [6.07, 6.45) is 10.1. The van der Waals surface area contributed by atoms with Crippen LogP contribution in [0.2, 0.25) is 0 Å². The number of rotatable bonds is 7. The molecule has 152 valence electrons. The maximum Gasteiger partial charge on any atom is 0.243 e. The van der Waals surface area contributed by atoms with Crippen LogP contribution in [0.1, 0.15) is 51.4 Å². The monoisotopic (exact) mass is 479 g/mol. The van der Waals surface area contributed by atoms with E-state index in [9.17, 15) is 4.79 Å². The zero-order chi connectivity index (χ0) is 18.3. The number of halogens is 1. The van der Waals surface area contributed by atoms with Crippen molar-refractivity contribution < 1.29 is 4.79 Å². The van der Waals surface area contributed by atoms with E-state index in [1.807, 2.05) is 0 Å². The van der Waals surface area contributed by atoms with Gasteiger partial charge in [0.25, 0.3) is 0 Å². The van der Waals surface area contributed by atoms with E-state index in [0.29, 0.717) is 11.5 Å². The molecule has 0 aromatic rings. The third-order valence-electron chi connectivity index (χ3n) is 5.51. The number of likely N-dealkylation sites (N-methyl/N-ethyl adjacent to an activating group) is 1. The number of hydrogen-bond donors (Lipinski definition) is 2. The average molecular weight is 479 g/mol. The highest BCUT2D eigenvalue weighted by molar-refractivity contribution is 14.0. The summed E-state index contributed by atoms with van der Waals surface area (Å²) in [6, 6.07) is 0.495. The third kappa shape index (κ3) is 7.58. The van der Waals surface area contributed by atoms with Gasteiger partial charge in [0, 0.05) is 38.6 Å². The standard InChI is InChI=1S/C19H37N5O.HI/c1-23(2)15-19(11-7-8-12-19)14-21-18(20-13-17(25)24(3)4)22-16-9-5-6-10-16;/h16H,5-15H2,1-4H3,(H2,20,21,22);1H. The van der Waals surface area contributed by atoms with Crippen molar-refractivity contribution in [2.75, 3.05) is 47.8 Å². The molecular weight excluding hydrogens is 441 g/mol. The summed E-state index contributed by atoms with van der Waals surface area (Å²) in [5.41, 5.74) is 0.327. The lowest BCUT2D eigenvalue weighted by molar-refractivity contribution is -0.127. The minimum absolute atomic E-state index is 0. The maximum atomic E-state index is 11.9. The fraction of sp³-hybridized carbons (Fsp3) is 0.895. The number of carbonyl (C=O) groups excluding carboxylic acids is 1. The topological polar surface area (TPSA) is 60.0 Å². The van der Waals surface area contributed by atoms with Gasteiger partial charge in [-0.3, -0.25) is 4.79 Å². The smallest absolute Gasteiger partial charge is 0.243 e. The quantitative estimate of drug-likeness (QED) is 0.334. The van der Waals surface area contributed by atoms with E-state index in [2.05, 4.69) is 34.6 Å². The van der Waals surface area contributed by atoms with Gasteiger partial charge in [-0.15, -0.1) is 24.0 Å². The van der Waals surface area contributed by atoms with Crippen LogP contribution in [0.5, 0.6) is 0 Å². The van der Waals surface area contributed by atoms with Gasteiger partial charge in [-0.2, -0.15) is 0 Å². The lowest BCUT2D eigenvalue weighted by atomic mass is 9.85. The second kappa shape index (κ2) is 11.3. The van der Waals surface area contributed by atoms with E-state index in [-0.39, 0.29) is 36.4 Å². The number of amides is 1. The molecule has 0 aromatic heterocycles. The first kappa shape index (κ1) is 23.5. The Labute approximate surface area is 176 Å². The zero-order valence-electron chi connectivity index (χ0n) is 17.0. The SMILES string of the molecule is CN(C)CC1(CNC(=NCC(=O)N(C)C)NC2CCCC2)CCCC1.I. The van der Waals surface area contributed by atoms with E-state index in [4.69, 9.17) is 0 Å². The summed E-state index contributed by atoms with van der Waals surface area (Å²) in [7, 11) is 7.86. The van der Waals surface area contributed by atoms with Gasteiger partial charge in [0.2, 0.25) is 5.91 Å². The number of carbonyl (C=O) groups is 1. The lowest BCUT2D eigenvalue weighted by Crippen LogP contribution is -2.48. The van der Waals surface area contributed by atoms with E-state index in [0.717, 1.165) is 19.0 Å². The maximum absolute atomic E-state index is 11.9. The molecule has 2 fully saturated rings. The number of aliphatic imine (C=N–C) groups is 1. The van der Waals surface area contributed by atoms with Crippen molar-refractivity contribution in [2.24, 2.45) is 10.4 Å². The highest BCUT2D eigenvalue weighted by Gasteiger charge is 2.34. The zero-order valence-corrected chi connectivity index (χ0v) is 19.3. The van der Waals surface area contributed by atoms with E-state index < -0.39 is 0 Å². The Kier molecular flexibility index (Phi) is 10.2. The van der Waals surface area contributed by atoms with Crippen LogP contribution >= 0.6 is 24.0 Å². The predicted molar refractivity (Wildman–Crippen MR) is 119 cm³/mol. The van der Waals surface area contributed by atoms with Crippen molar-refractivity contribution in [1.82, 2.24) is 20.4 Å². The molecule has 0 saturated heterocycles. The number of nitrogens with one attached hydrogen (secondary N) is 2. The summed E-state index contributed by atoms with van der Waals surface area (Å²) in [6.45, 7) is 2.24. The van der Waals surface area contributed by atoms with Gasteiger partial charge in [0.05, 0.1) is 0 Å². The summed E-state index contributed by atoms with van der Waals surface area (Å²) in [4.78, 5) is 20.4. The minimum Gasteiger partial charge on any atom is -0.356 e. The molecule has 0 bridgehead atoms. The van der Waals surface area contributed by atoms with Crippen LogP contribution in [0, 0.1) is 5.41 Å². The molecule has 26 heavy (non-hydrogen) atoms. The van der Waals surface area contributed by atoms with Crippen molar-refractivity contribution in [3.63, 3.8) is 0 Å². The fourth-order valence-electron chi connectivity index (χ4n) is 4.16. The van der Waals surface area contributed by atoms with Gasteiger partial charge in [-0.1, -0.05) is 25.7 Å². The molecule has 2 saturated carbocycles. The van der Waals surface area contributed by atoms with Gasteiger partial charge in [-0.25, -0.2) is 4.99 Å². The van der Waals surface area contributed by atoms with Crippen LogP contribution in [0.25, 0.3) is 0 Å². The van der Waals surface area contributed by atoms with Crippen LogP contribution in [0.3, 0.4) is 0 Å². The molecule has 2 N–H and O–H groups in total. The van der Waals surface area contributed by atoms with Crippen molar-refractivity contribution in [3.05, 3.63) is 0 Å². The van der Waals surface area contributed by atoms with Crippen LogP contribution in [-0.4, -0.2) is 75.5 Å². The first-order chi connectivity index (χ1) is 11.9. The average Bonchev–Trinajstić information content (AvgIpc) is 3.21. The molecule has 1 amide bonds. The molecule has 2 rings (SSSR count). The molecule has 0 heterocycles. The second-order valence-electron chi connectivity index (χ2n) is 8.38. The summed E-state index contributed by atoms with van der Waals surface area (Å²) in [5, 5.41) is 7.13. The Morgan fingerprint density at radius 2 is 1.69 bits per heavy atom. The van der Waals surface area contributed by atoms with Gasteiger partial charge in [0.1, 0.15) is 6.54 Å². The van der Waals surface area contributed by atoms with Gasteiger partial charge in [-0.05, 0) is 39.8 Å². The van der Waals surface area contributed by atoms with Crippen LogP contribution in [-0.2, 0) is 4.79 Å². The molecule has 7 heteroatoms. The number of nitrogens with zero attached hydrogens (tertiary/aromatic N) is 3. The molecule has 0 atom stereocenters. The predicted octanol–water partition coefficient (Wildman–Crippen LogP) is 2.29. The lowest BCUT2D eigenvalue weighted by Gasteiger charge is -2.33. The van der Waals surface area contributed by atoms with Crippen molar-refractivity contribution in [2.45, 2.75) is 57.4 Å². The van der Waals surface area contributed by atoms with Crippen molar-refractivity contribution >= 4 is 35.8 Å². The van der Waals surface area contributed by atoms with E-state index >= 15 is 0 Å². The summed E-state index contributed by atoms with van der Waals surface area (Å²) >= 11 is 0. The Hall–Kier alpha value is -0.570. The molecule has 0 aliphatic heterocycles. The first-order valence-electron chi connectivity index (χ1n) is 9.80. The van der Waals surface area contributed by atoms with Gasteiger partial charge in [0.15, 0.2) is 5.96 Å². The summed E-state index contributed by atoms with van der Waals surface area (Å²) in [5.74, 6) is 0.850. The van der Waals surface area contributed by atoms with Gasteiger partial charge >= 0.3 is 0 Å². The highest BCUT2D eigenvalue weighted by Crippen LogP contribution is 2.37. The van der Waals surface area contributed by atoms with E-state index in [1.165, 1.54) is 51.4 Å². The number of guanidine groups is 1. The second-order valence-corrected chi connectivity index (χ2v) is 8.38. The van der Waals surface area contributed by atoms with Crippen LogP contribution in [0.4, 0.5) is 0 Å². The molecule has 0 spiro atoms.